The highest BCUT2D eigenvalue weighted by atomic mass is 35.5. The van der Waals surface area contributed by atoms with E-state index in [4.69, 9.17) is 22.6 Å². The summed E-state index contributed by atoms with van der Waals surface area (Å²) < 4.78 is 0. The Morgan fingerprint density at radius 2 is 2.33 bits per heavy atom. The summed E-state index contributed by atoms with van der Waals surface area (Å²) in [6.07, 6.45) is 1.13. The minimum absolute atomic E-state index is 0.118. The molecule has 5 heteroatoms. The highest BCUT2D eigenvalue weighted by Crippen LogP contribution is 2.23. The van der Waals surface area contributed by atoms with Crippen LogP contribution < -0.4 is 11.1 Å². The number of nitrogens with two attached hydrogens (primary N) is 1. The van der Waals surface area contributed by atoms with Crippen molar-refractivity contribution in [1.82, 2.24) is 0 Å². The van der Waals surface area contributed by atoms with Crippen molar-refractivity contribution in [3.05, 3.63) is 28.8 Å². The third-order valence-electron chi connectivity index (χ3n) is 2.64. The van der Waals surface area contributed by atoms with Crippen molar-refractivity contribution >= 4 is 23.2 Å². The van der Waals surface area contributed by atoms with E-state index in [1.165, 1.54) is 0 Å². The zero-order chi connectivity index (χ0) is 13.5. The number of carbonyl (C=O) groups is 1. The second-order valence-electron chi connectivity index (χ2n) is 4.23. The molecule has 0 fully saturated rings. The van der Waals surface area contributed by atoms with Gasteiger partial charge in [-0.15, -0.1) is 0 Å². The van der Waals surface area contributed by atoms with E-state index in [-0.39, 0.29) is 5.91 Å². The fourth-order valence-corrected chi connectivity index (χ4v) is 1.56. The molecule has 1 rings (SSSR count). The van der Waals surface area contributed by atoms with E-state index in [2.05, 4.69) is 5.32 Å². The maximum Gasteiger partial charge on any atom is 0.224 e. The maximum atomic E-state index is 11.7. The van der Waals surface area contributed by atoms with E-state index in [1.54, 1.807) is 18.2 Å². The quantitative estimate of drug-likeness (QED) is 0.859. The zero-order valence-corrected chi connectivity index (χ0v) is 11.0. The van der Waals surface area contributed by atoms with E-state index >= 15 is 0 Å². The average molecular weight is 266 g/mol. The largest absolute Gasteiger partial charge is 0.330 e. The van der Waals surface area contributed by atoms with E-state index < -0.39 is 0 Å². The smallest absolute Gasteiger partial charge is 0.224 e. The van der Waals surface area contributed by atoms with Crippen LogP contribution in [0.5, 0.6) is 0 Å². The van der Waals surface area contributed by atoms with Crippen LogP contribution in [0.4, 0.5) is 5.69 Å². The van der Waals surface area contributed by atoms with E-state index in [9.17, 15) is 4.79 Å². The molecular formula is C13H16ClN3O. The molecule has 1 amide bonds. The molecular weight excluding hydrogens is 250 g/mol. The molecule has 4 nitrogen and oxygen atoms in total. The van der Waals surface area contributed by atoms with Crippen LogP contribution in [0, 0.1) is 17.2 Å². The molecule has 0 radical (unpaired) electrons. The molecule has 0 aliphatic carbocycles. The lowest BCUT2D eigenvalue weighted by Crippen LogP contribution is -2.16. The number of nitrogens with zero attached hydrogens (tertiary/aromatic N) is 1. The Morgan fingerprint density at radius 3 is 2.94 bits per heavy atom. The summed E-state index contributed by atoms with van der Waals surface area (Å²) in [5.74, 6) is 0.198. The van der Waals surface area contributed by atoms with Crippen LogP contribution in [0.3, 0.4) is 0 Å². The number of hydrogen-bond donors (Lipinski definition) is 2. The molecule has 0 aromatic heterocycles. The summed E-state index contributed by atoms with van der Waals surface area (Å²) in [7, 11) is 0. The predicted octanol–water partition coefficient (Wildman–Crippen LogP) is 2.53. The van der Waals surface area contributed by atoms with Gasteiger partial charge in [0.05, 0.1) is 22.3 Å². The number of carbonyl (C=O) groups excluding carboxylic acids is 1. The van der Waals surface area contributed by atoms with Gasteiger partial charge in [-0.05, 0) is 37.1 Å². The van der Waals surface area contributed by atoms with Gasteiger partial charge in [0.25, 0.3) is 0 Å². The van der Waals surface area contributed by atoms with E-state index in [0.717, 1.165) is 6.42 Å². The van der Waals surface area contributed by atoms with Crippen molar-refractivity contribution in [1.29, 1.82) is 5.26 Å². The molecule has 1 unspecified atom stereocenters. The summed E-state index contributed by atoms with van der Waals surface area (Å²) in [6.45, 7) is 2.56. The van der Waals surface area contributed by atoms with Gasteiger partial charge in [-0.1, -0.05) is 18.5 Å². The first-order valence-electron chi connectivity index (χ1n) is 5.76. The van der Waals surface area contributed by atoms with Crippen molar-refractivity contribution in [3.8, 4) is 6.07 Å². The second kappa shape index (κ2) is 7.00. The Morgan fingerprint density at radius 1 is 1.61 bits per heavy atom. The van der Waals surface area contributed by atoms with Gasteiger partial charge in [-0.2, -0.15) is 5.26 Å². The lowest BCUT2D eigenvalue weighted by atomic mass is 10.1. The summed E-state index contributed by atoms with van der Waals surface area (Å²) >= 11 is 5.94. The minimum Gasteiger partial charge on any atom is -0.330 e. The van der Waals surface area contributed by atoms with Crippen molar-refractivity contribution < 1.29 is 4.79 Å². The summed E-state index contributed by atoms with van der Waals surface area (Å²) in [4.78, 5) is 11.7. The Hall–Kier alpha value is -1.57. The van der Waals surface area contributed by atoms with Crippen molar-refractivity contribution in [2.24, 2.45) is 11.7 Å². The normalized spacial score (nSPS) is 11.7. The predicted molar refractivity (Wildman–Crippen MR) is 72.2 cm³/mol. The second-order valence-corrected chi connectivity index (χ2v) is 4.64. The lowest BCUT2D eigenvalue weighted by molar-refractivity contribution is -0.116. The van der Waals surface area contributed by atoms with Crippen LogP contribution in [0.25, 0.3) is 0 Å². The van der Waals surface area contributed by atoms with Gasteiger partial charge < -0.3 is 11.1 Å². The number of halogens is 1. The number of hydrogen-bond acceptors (Lipinski definition) is 3. The summed E-state index contributed by atoms with van der Waals surface area (Å²) in [5, 5.41) is 11.9. The van der Waals surface area contributed by atoms with Gasteiger partial charge in [0, 0.05) is 6.42 Å². The third kappa shape index (κ3) is 4.36. The van der Waals surface area contributed by atoms with Gasteiger partial charge in [-0.25, -0.2) is 0 Å². The molecule has 1 aromatic carbocycles. The number of anilines is 1. The summed E-state index contributed by atoms with van der Waals surface area (Å²) in [5.41, 5.74) is 6.42. The van der Waals surface area contributed by atoms with Crippen LogP contribution in [0.15, 0.2) is 18.2 Å². The molecule has 0 aliphatic rings. The Kier molecular flexibility index (Phi) is 5.63. The van der Waals surface area contributed by atoms with Crippen molar-refractivity contribution in [2.45, 2.75) is 19.8 Å². The molecule has 0 saturated heterocycles. The van der Waals surface area contributed by atoms with E-state index in [0.29, 0.717) is 35.2 Å². The monoisotopic (exact) mass is 265 g/mol. The SMILES string of the molecule is CC(CN)CCC(=O)Nc1cc(C#N)ccc1Cl. The topological polar surface area (TPSA) is 78.9 Å². The standard InChI is InChI=1S/C13H16ClN3O/c1-9(7-15)2-5-13(18)17-12-6-10(8-16)3-4-11(12)14/h3-4,6,9H,2,5,7,15H2,1H3,(H,17,18). The van der Waals surface area contributed by atoms with Crippen molar-refractivity contribution in [3.63, 3.8) is 0 Å². The molecule has 18 heavy (non-hydrogen) atoms. The highest BCUT2D eigenvalue weighted by Gasteiger charge is 2.08. The number of nitriles is 1. The molecule has 1 aromatic rings. The highest BCUT2D eigenvalue weighted by molar-refractivity contribution is 6.33. The molecule has 3 N–H and O–H groups in total. The maximum absolute atomic E-state index is 11.7. The van der Waals surface area contributed by atoms with Gasteiger partial charge in [0.1, 0.15) is 0 Å². The summed E-state index contributed by atoms with van der Waals surface area (Å²) in [6, 6.07) is 6.76. The van der Waals surface area contributed by atoms with Gasteiger partial charge in [0.15, 0.2) is 0 Å². The van der Waals surface area contributed by atoms with Crippen LogP contribution in [0.1, 0.15) is 25.3 Å². The van der Waals surface area contributed by atoms with Gasteiger partial charge >= 0.3 is 0 Å². The number of nitrogens with one attached hydrogen (secondary N) is 1. The van der Waals surface area contributed by atoms with E-state index in [1.807, 2.05) is 13.0 Å². The zero-order valence-electron chi connectivity index (χ0n) is 10.2. The van der Waals surface area contributed by atoms with Crippen molar-refractivity contribution in [2.75, 3.05) is 11.9 Å². The average Bonchev–Trinajstić information content (AvgIpc) is 2.38. The number of benzene rings is 1. The first-order valence-corrected chi connectivity index (χ1v) is 6.14. The Bertz CT molecular complexity index is 468. The fourth-order valence-electron chi connectivity index (χ4n) is 1.40. The van der Waals surface area contributed by atoms with Crippen LogP contribution >= 0.6 is 11.6 Å². The lowest BCUT2D eigenvalue weighted by Gasteiger charge is -2.10. The molecule has 1 atom stereocenters. The first kappa shape index (κ1) is 14.5. The molecule has 0 bridgehead atoms. The van der Waals surface area contributed by atoms with Crippen LogP contribution in [-0.2, 0) is 4.79 Å². The first-order chi connectivity index (χ1) is 8.56. The molecule has 0 spiro atoms. The fraction of sp³-hybridized carbons (Fsp3) is 0.385. The van der Waals surface area contributed by atoms with Gasteiger partial charge in [-0.3, -0.25) is 4.79 Å². The molecule has 0 aliphatic heterocycles. The van der Waals surface area contributed by atoms with Gasteiger partial charge in [0.2, 0.25) is 5.91 Å². The Labute approximate surface area is 112 Å². The molecule has 0 heterocycles. The van der Waals surface area contributed by atoms with Crippen LogP contribution in [0.2, 0.25) is 5.02 Å². The number of amides is 1. The third-order valence-corrected chi connectivity index (χ3v) is 2.97. The number of rotatable bonds is 5. The van der Waals surface area contributed by atoms with Crippen LogP contribution in [-0.4, -0.2) is 12.5 Å². The minimum atomic E-state index is -0.118. The molecule has 0 saturated carbocycles. The molecule has 96 valence electrons. The Balaban J connectivity index is 2.62.